The number of nitrogens with zero attached hydrogens (tertiary/aromatic N) is 2. The van der Waals surface area contributed by atoms with E-state index in [1.807, 2.05) is 36.7 Å². The second kappa shape index (κ2) is 9.14. The number of ether oxygens (including phenoxy) is 1. The fourth-order valence-electron chi connectivity index (χ4n) is 2.37. The lowest BCUT2D eigenvalue weighted by molar-refractivity contribution is -0.149. The molecule has 8 nitrogen and oxygen atoms in total. The molecular formula is C19H20N4O4S. The molecular weight excluding hydrogens is 380 g/mol. The van der Waals surface area contributed by atoms with Gasteiger partial charge in [0, 0.05) is 16.6 Å². The Kier molecular flexibility index (Phi) is 6.38. The number of carbonyl (C=O) groups excluding carboxylic acids is 2. The van der Waals surface area contributed by atoms with E-state index < -0.39 is 18.0 Å². The molecule has 0 saturated heterocycles. The van der Waals surface area contributed by atoms with Crippen molar-refractivity contribution in [2.45, 2.75) is 26.5 Å². The van der Waals surface area contributed by atoms with Gasteiger partial charge in [-0.2, -0.15) is 16.3 Å². The van der Waals surface area contributed by atoms with Crippen molar-refractivity contribution in [2.75, 3.05) is 5.32 Å². The molecule has 1 atom stereocenters. The minimum atomic E-state index is -0.817. The predicted molar refractivity (Wildman–Crippen MR) is 105 cm³/mol. The lowest BCUT2D eigenvalue weighted by atomic mass is 10.1. The molecule has 9 heteroatoms. The summed E-state index contributed by atoms with van der Waals surface area (Å²) in [5.74, 6) is -0.120. The predicted octanol–water partition coefficient (Wildman–Crippen LogP) is 3.69. The van der Waals surface area contributed by atoms with Crippen molar-refractivity contribution < 1.29 is 18.8 Å². The standard InChI is InChI=1S/C19H20N4O4S/c1-12(2)16(22-19(25)20-14-6-4-3-5-7-14)18(24)26-10-15-21-17(23-27-15)13-8-9-28-11-13/h3-9,11-12,16H,10H2,1-2H3,(H2,20,22,25)/t16-/m0/s1. The number of aromatic nitrogens is 2. The van der Waals surface area contributed by atoms with Crippen LogP contribution in [-0.4, -0.2) is 28.2 Å². The summed E-state index contributed by atoms with van der Waals surface area (Å²) >= 11 is 1.52. The van der Waals surface area contributed by atoms with Crippen LogP contribution >= 0.6 is 11.3 Å². The van der Waals surface area contributed by atoms with Gasteiger partial charge in [-0.3, -0.25) is 0 Å². The van der Waals surface area contributed by atoms with Crippen molar-refractivity contribution in [3.63, 3.8) is 0 Å². The molecule has 0 aliphatic carbocycles. The number of rotatable bonds is 7. The quantitative estimate of drug-likeness (QED) is 0.586. The maximum atomic E-state index is 12.4. The summed E-state index contributed by atoms with van der Waals surface area (Å²) in [7, 11) is 0. The van der Waals surface area contributed by atoms with Gasteiger partial charge in [0.1, 0.15) is 6.04 Å². The molecule has 0 radical (unpaired) electrons. The Balaban J connectivity index is 1.55. The highest BCUT2D eigenvalue weighted by Gasteiger charge is 2.26. The molecule has 1 aromatic carbocycles. The number of urea groups is 1. The van der Waals surface area contributed by atoms with Gasteiger partial charge in [-0.25, -0.2) is 9.59 Å². The number of carbonyl (C=O) groups is 2. The Morgan fingerprint density at radius 2 is 2.00 bits per heavy atom. The number of esters is 1. The normalized spacial score (nSPS) is 11.8. The maximum Gasteiger partial charge on any atom is 0.329 e. The molecule has 0 unspecified atom stereocenters. The van der Waals surface area contributed by atoms with Crippen LogP contribution < -0.4 is 10.6 Å². The number of amides is 2. The average Bonchev–Trinajstić information content (AvgIpc) is 3.36. The number of anilines is 1. The SMILES string of the molecule is CC(C)[C@H](NC(=O)Nc1ccccc1)C(=O)OCc1nc(-c2ccsc2)no1. The minimum Gasteiger partial charge on any atom is -0.454 e. The van der Waals surface area contributed by atoms with Gasteiger partial charge in [-0.05, 0) is 29.5 Å². The molecule has 0 bridgehead atoms. The zero-order valence-electron chi connectivity index (χ0n) is 15.4. The molecule has 2 amide bonds. The first-order chi connectivity index (χ1) is 13.5. The monoisotopic (exact) mass is 400 g/mol. The number of para-hydroxylation sites is 1. The molecule has 3 aromatic rings. The fourth-order valence-corrected chi connectivity index (χ4v) is 3.01. The van der Waals surface area contributed by atoms with E-state index >= 15 is 0 Å². The van der Waals surface area contributed by atoms with Crippen LogP contribution in [0.1, 0.15) is 19.7 Å². The Morgan fingerprint density at radius 3 is 2.68 bits per heavy atom. The number of benzene rings is 1. The number of hydrogen-bond acceptors (Lipinski definition) is 7. The van der Waals surface area contributed by atoms with E-state index in [4.69, 9.17) is 9.26 Å². The van der Waals surface area contributed by atoms with E-state index in [1.165, 1.54) is 11.3 Å². The van der Waals surface area contributed by atoms with Crippen molar-refractivity contribution >= 4 is 29.0 Å². The van der Waals surface area contributed by atoms with Crippen LogP contribution in [-0.2, 0) is 16.1 Å². The minimum absolute atomic E-state index is 0.166. The topological polar surface area (TPSA) is 106 Å². The van der Waals surface area contributed by atoms with Crippen LogP contribution in [0.2, 0.25) is 0 Å². The van der Waals surface area contributed by atoms with Crippen LogP contribution in [0.25, 0.3) is 11.4 Å². The number of nitrogens with one attached hydrogen (secondary N) is 2. The van der Waals surface area contributed by atoms with Crippen LogP contribution in [0, 0.1) is 5.92 Å². The van der Waals surface area contributed by atoms with E-state index in [2.05, 4.69) is 20.8 Å². The van der Waals surface area contributed by atoms with Crippen LogP contribution in [0.5, 0.6) is 0 Å². The second-order valence-electron chi connectivity index (χ2n) is 6.32. The summed E-state index contributed by atoms with van der Waals surface area (Å²) in [6, 6.07) is 9.53. The van der Waals surface area contributed by atoms with Gasteiger partial charge in [0.15, 0.2) is 6.61 Å². The van der Waals surface area contributed by atoms with Crippen molar-refractivity contribution in [3.8, 4) is 11.4 Å². The number of thiophene rings is 1. The average molecular weight is 400 g/mol. The molecule has 2 N–H and O–H groups in total. The first-order valence-electron chi connectivity index (χ1n) is 8.67. The fraction of sp³-hybridized carbons (Fsp3) is 0.263. The highest BCUT2D eigenvalue weighted by atomic mass is 32.1. The van der Waals surface area contributed by atoms with Crippen LogP contribution in [0.3, 0.4) is 0 Å². The Bertz CT molecular complexity index is 909. The van der Waals surface area contributed by atoms with E-state index in [0.717, 1.165) is 5.56 Å². The maximum absolute atomic E-state index is 12.4. The van der Waals surface area contributed by atoms with Gasteiger partial charge in [-0.1, -0.05) is 37.2 Å². The third kappa shape index (κ3) is 5.17. The van der Waals surface area contributed by atoms with Gasteiger partial charge in [0.25, 0.3) is 5.89 Å². The zero-order valence-corrected chi connectivity index (χ0v) is 16.2. The molecule has 2 heterocycles. The van der Waals surface area contributed by atoms with E-state index in [-0.39, 0.29) is 18.4 Å². The van der Waals surface area contributed by atoms with Crippen molar-refractivity contribution in [1.82, 2.24) is 15.5 Å². The summed E-state index contributed by atoms with van der Waals surface area (Å²) in [5, 5.41) is 13.0. The van der Waals surface area contributed by atoms with Gasteiger partial charge in [-0.15, -0.1) is 0 Å². The molecule has 0 fully saturated rings. The van der Waals surface area contributed by atoms with Gasteiger partial charge in [0.05, 0.1) is 0 Å². The molecule has 0 saturated carbocycles. The lowest BCUT2D eigenvalue weighted by Gasteiger charge is -2.20. The summed E-state index contributed by atoms with van der Waals surface area (Å²) in [4.78, 5) is 28.8. The molecule has 0 spiro atoms. The smallest absolute Gasteiger partial charge is 0.329 e. The first kappa shape index (κ1) is 19.6. The molecule has 0 aliphatic heterocycles. The number of hydrogen-bond donors (Lipinski definition) is 2. The van der Waals surface area contributed by atoms with Crippen LogP contribution in [0.15, 0.2) is 51.7 Å². The van der Waals surface area contributed by atoms with Crippen molar-refractivity contribution in [3.05, 3.63) is 53.0 Å². The third-order valence-corrected chi connectivity index (χ3v) is 4.51. The van der Waals surface area contributed by atoms with Gasteiger partial charge in [0.2, 0.25) is 5.82 Å². The summed E-state index contributed by atoms with van der Waals surface area (Å²) in [6.07, 6.45) is 0. The van der Waals surface area contributed by atoms with E-state index in [9.17, 15) is 9.59 Å². The molecule has 0 aliphatic rings. The van der Waals surface area contributed by atoms with E-state index in [1.54, 1.807) is 24.3 Å². The van der Waals surface area contributed by atoms with Crippen LogP contribution in [0.4, 0.5) is 10.5 Å². The third-order valence-electron chi connectivity index (χ3n) is 3.82. The molecule has 28 heavy (non-hydrogen) atoms. The lowest BCUT2D eigenvalue weighted by Crippen LogP contribution is -2.47. The van der Waals surface area contributed by atoms with Crippen molar-refractivity contribution in [1.29, 1.82) is 0 Å². The Morgan fingerprint density at radius 1 is 1.21 bits per heavy atom. The molecule has 146 valence electrons. The highest BCUT2D eigenvalue weighted by Crippen LogP contribution is 2.19. The van der Waals surface area contributed by atoms with Gasteiger partial charge >= 0.3 is 12.0 Å². The molecule has 3 rings (SSSR count). The first-order valence-corrected chi connectivity index (χ1v) is 9.61. The second-order valence-corrected chi connectivity index (χ2v) is 7.10. The van der Waals surface area contributed by atoms with E-state index in [0.29, 0.717) is 11.5 Å². The Hall–Kier alpha value is -3.20. The largest absolute Gasteiger partial charge is 0.454 e. The Labute approximate surface area is 165 Å². The van der Waals surface area contributed by atoms with Gasteiger partial charge < -0.3 is 19.9 Å². The highest BCUT2D eigenvalue weighted by molar-refractivity contribution is 7.08. The van der Waals surface area contributed by atoms with Crippen molar-refractivity contribution in [2.24, 2.45) is 5.92 Å². The summed E-state index contributed by atoms with van der Waals surface area (Å²) in [5.41, 5.74) is 1.47. The molecule has 2 aromatic heterocycles. The zero-order chi connectivity index (χ0) is 19.9. The summed E-state index contributed by atoms with van der Waals surface area (Å²) < 4.78 is 10.4. The summed E-state index contributed by atoms with van der Waals surface area (Å²) in [6.45, 7) is 3.47.